The highest BCUT2D eigenvalue weighted by Gasteiger charge is 2.10. The average Bonchev–Trinajstić information content (AvgIpc) is 2.63. The van der Waals surface area contributed by atoms with Crippen molar-refractivity contribution < 1.29 is 4.74 Å². The molecular weight excluding hydrogens is 258 g/mol. The van der Waals surface area contributed by atoms with Crippen LogP contribution in [-0.4, -0.2) is 41.2 Å². The number of ether oxygens (including phenoxy) is 1. The van der Waals surface area contributed by atoms with E-state index in [-0.39, 0.29) is 6.10 Å². The number of benzene rings is 1. The molecule has 1 aromatic carbocycles. The van der Waals surface area contributed by atoms with Crippen LogP contribution < -0.4 is 4.74 Å². The van der Waals surface area contributed by atoms with Crippen LogP contribution in [0.2, 0.25) is 0 Å². The lowest BCUT2D eigenvalue weighted by Crippen LogP contribution is -2.18. The van der Waals surface area contributed by atoms with Crippen molar-refractivity contribution in [1.82, 2.24) is 14.5 Å². The van der Waals surface area contributed by atoms with E-state index in [2.05, 4.69) is 34.6 Å². The average molecular weight is 279 g/mol. The lowest BCUT2D eigenvalue weighted by atomic mass is 10.3. The smallest absolute Gasteiger partial charge is 0.178 e. The van der Waals surface area contributed by atoms with Gasteiger partial charge in [-0.3, -0.25) is 0 Å². The summed E-state index contributed by atoms with van der Waals surface area (Å²) in [5, 5.41) is 0. The molecule has 0 saturated carbocycles. The topological polar surface area (TPSA) is 33.2 Å². The molecular formula is C14H21N3OS. The van der Waals surface area contributed by atoms with Crippen molar-refractivity contribution in [3.8, 4) is 5.75 Å². The van der Waals surface area contributed by atoms with Crippen molar-refractivity contribution in [3.63, 3.8) is 0 Å². The Morgan fingerprint density at radius 3 is 2.74 bits per heavy atom. The molecule has 0 radical (unpaired) electrons. The Kier molecular flexibility index (Phi) is 4.27. The number of aromatic amines is 1. The molecule has 4 nitrogen and oxygen atoms in total. The number of H-pyrrole nitrogens is 1. The number of para-hydroxylation sites is 1. The Morgan fingerprint density at radius 2 is 2.11 bits per heavy atom. The first kappa shape index (κ1) is 14.1. The molecule has 104 valence electrons. The van der Waals surface area contributed by atoms with Crippen molar-refractivity contribution in [3.05, 3.63) is 23.0 Å². The van der Waals surface area contributed by atoms with Gasteiger partial charge in [-0.05, 0) is 52.3 Å². The van der Waals surface area contributed by atoms with Crippen LogP contribution >= 0.6 is 12.2 Å². The number of nitrogens with one attached hydrogen (secondary N) is 1. The van der Waals surface area contributed by atoms with Gasteiger partial charge in [0.1, 0.15) is 11.3 Å². The van der Waals surface area contributed by atoms with Crippen molar-refractivity contribution >= 4 is 23.3 Å². The second-order valence-electron chi connectivity index (χ2n) is 5.20. The SMILES string of the molecule is CC(C)Oc1cccc2c1[nH]c(=S)n2CCN(C)C. The molecule has 1 heterocycles. The maximum Gasteiger partial charge on any atom is 0.178 e. The van der Waals surface area contributed by atoms with Gasteiger partial charge in [0.15, 0.2) is 4.77 Å². The molecule has 0 unspecified atom stereocenters. The Bertz CT molecular complexity index is 613. The third-order valence-corrected chi connectivity index (χ3v) is 3.23. The lowest BCUT2D eigenvalue weighted by molar-refractivity contribution is 0.245. The number of hydrogen-bond acceptors (Lipinski definition) is 3. The summed E-state index contributed by atoms with van der Waals surface area (Å²) in [6, 6.07) is 6.06. The number of imidazole rings is 1. The van der Waals surface area contributed by atoms with Crippen LogP contribution in [0.4, 0.5) is 0 Å². The maximum atomic E-state index is 5.82. The zero-order chi connectivity index (χ0) is 14.0. The van der Waals surface area contributed by atoms with Crippen molar-refractivity contribution in [2.75, 3.05) is 20.6 Å². The molecule has 0 amide bonds. The van der Waals surface area contributed by atoms with Crippen LogP contribution in [0.3, 0.4) is 0 Å². The standard InChI is InChI=1S/C14H21N3OS/c1-10(2)18-12-7-5-6-11-13(12)15-14(19)17(11)9-8-16(3)4/h5-7,10H,8-9H2,1-4H3,(H,15,19). The summed E-state index contributed by atoms with van der Waals surface area (Å²) in [6.45, 7) is 5.88. The molecule has 0 bridgehead atoms. The van der Waals surface area contributed by atoms with E-state index in [4.69, 9.17) is 17.0 Å². The van der Waals surface area contributed by atoms with Gasteiger partial charge in [0, 0.05) is 13.1 Å². The van der Waals surface area contributed by atoms with E-state index in [0.29, 0.717) is 0 Å². The van der Waals surface area contributed by atoms with E-state index in [9.17, 15) is 0 Å². The lowest BCUT2D eigenvalue weighted by Gasteiger charge is -2.12. The molecule has 0 saturated heterocycles. The van der Waals surface area contributed by atoms with Crippen LogP contribution in [0.5, 0.6) is 5.75 Å². The van der Waals surface area contributed by atoms with Gasteiger partial charge in [-0.15, -0.1) is 0 Å². The van der Waals surface area contributed by atoms with Gasteiger partial charge in [-0.1, -0.05) is 6.07 Å². The normalized spacial score (nSPS) is 11.7. The number of aromatic nitrogens is 2. The van der Waals surface area contributed by atoms with Crippen LogP contribution in [0, 0.1) is 4.77 Å². The van der Waals surface area contributed by atoms with Crippen molar-refractivity contribution in [2.24, 2.45) is 0 Å². The summed E-state index contributed by atoms with van der Waals surface area (Å²) in [5.41, 5.74) is 2.09. The molecule has 2 rings (SSSR count). The molecule has 0 aliphatic rings. The Hall–Kier alpha value is -1.33. The number of fused-ring (bicyclic) bond motifs is 1. The zero-order valence-electron chi connectivity index (χ0n) is 11.9. The summed E-state index contributed by atoms with van der Waals surface area (Å²) in [7, 11) is 4.12. The van der Waals surface area contributed by atoms with E-state index in [1.54, 1.807) is 0 Å². The fourth-order valence-electron chi connectivity index (χ4n) is 2.03. The summed E-state index contributed by atoms with van der Waals surface area (Å²) < 4.78 is 8.69. The van der Waals surface area contributed by atoms with Gasteiger partial charge in [0.25, 0.3) is 0 Å². The number of nitrogens with zero attached hydrogens (tertiary/aromatic N) is 2. The van der Waals surface area contributed by atoms with Crippen molar-refractivity contribution in [2.45, 2.75) is 26.5 Å². The first-order chi connectivity index (χ1) is 8.99. The first-order valence-corrected chi connectivity index (χ1v) is 6.93. The number of hydrogen-bond donors (Lipinski definition) is 1. The fourth-order valence-corrected chi connectivity index (χ4v) is 2.32. The second kappa shape index (κ2) is 5.75. The van der Waals surface area contributed by atoms with Gasteiger partial charge in [-0.25, -0.2) is 0 Å². The fraction of sp³-hybridized carbons (Fsp3) is 0.500. The predicted octanol–water partition coefficient (Wildman–Crippen LogP) is 3.05. The highest BCUT2D eigenvalue weighted by molar-refractivity contribution is 7.71. The van der Waals surface area contributed by atoms with Gasteiger partial charge < -0.3 is 19.2 Å². The van der Waals surface area contributed by atoms with E-state index in [0.717, 1.165) is 34.6 Å². The maximum absolute atomic E-state index is 5.82. The number of likely N-dealkylation sites (N-methyl/N-ethyl adjacent to an activating group) is 1. The predicted molar refractivity (Wildman–Crippen MR) is 81.4 cm³/mol. The number of rotatable bonds is 5. The molecule has 0 aliphatic carbocycles. The molecule has 1 N–H and O–H groups in total. The Labute approximate surface area is 119 Å². The monoisotopic (exact) mass is 279 g/mol. The van der Waals surface area contributed by atoms with E-state index in [1.165, 1.54) is 0 Å². The summed E-state index contributed by atoms with van der Waals surface area (Å²) in [4.78, 5) is 5.41. The quantitative estimate of drug-likeness (QED) is 0.854. The molecule has 1 aromatic heterocycles. The van der Waals surface area contributed by atoms with Gasteiger partial charge in [-0.2, -0.15) is 0 Å². The Morgan fingerprint density at radius 1 is 1.37 bits per heavy atom. The third-order valence-electron chi connectivity index (χ3n) is 2.91. The third kappa shape index (κ3) is 3.16. The molecule has 2 aromatic rings. The minimum Gasteiger partial charge on any atom is -0.489 e. The highest BCUT2D eigenvalue weighted by atomic mass is 32.1. The van der Waals surface area contributed by atoms with Crippen molar-refractivity contribution in [1.29, 1.82) is 0 Å². The van der Waals surface area contributed by atoms with Crippen LogP contribution in [-0.2, 0) is 6.54 Å². The molecule has 0 spiro atoms. The van der Waals surface area contributed by atoms with Crippen LogP contribution in [0.15, 0.2) is 18.2 Å². The largest absolute Gasteiger partial charge is 0.489 e. The van der Waals surface area contributed by atoms with Gasteiger partial charge in [0.2, 0.25) is 0 Å². The van der Waals surface area contributed by atoms with Gasteiger partial charge in [0.05, 0.1) is 11.6 Å². The molecule has 0 fully saturated rings. The summed E-state index contributed by atoms with van der Waals surface area (Å²) in [5.74, 6) is 0.863. The van der Waals surface area contributed by atoms with E-state index >= 15 is 0 Å². The summed E-state index contributed by atoms with van der Waals surface area (Å²) >= 11 is 5.41. The molecule has 5 heteroatoms. The summed E-state index contributed by atoms with van der Waals surface area (Å²) in [6.07, 6.45) is 0.151. The minimum absolute atomic E-state index is 0.151. The molecule has 0 atom stereocenters. The minimum atomic E-state index is 0.151. The highest BCUT2D eigenvalue weighted by Crippen LogP contribution is 2.25. The molecule has 19 heavy (non-hydrogen) atoms. The first-order valence-electron chi connectivity index (χ1n) is 6.52. The second-order valence-corrected chi connectivity index (χ2v) is 5.59. The van der Waals surface area contributed by atoms with Crippen LogP contribution in [0.25, 0.3) is 11.0 Å². The van der Waals surface area contributed by atoms with E-state index in [1.807, 2.05) is 26.0 Å². The van der Waals surface area contributed by atoms with E-state index < -0.39 is 0 Å². The van der Waals surface area contributed by atoms with Gasteiger partial charge >= 0.3 is 0 Å². The molecule has 0 aliphatic heterocycles. The Balaban J connectivity index is 2.43. The van der Waals surface area contributed by atoms with Crippen LogP contribution in [0.1, 0.15) is 13.8 Å². The zero-order valence-corrected chi connectivity index (χ0v) is 12.8.